The Bertz CT molecular complexity index is 1760. The molecule has 2 N–H and O–H groups in total. The van der Waals surface area contributed by atoms with Crippen LogP contribution in [0.25, 0.3) is 0 Å². The number of rotatable bonds is 12. The molecule has 4 aromatic rings. The lowest BCUT2D eigenvalue weighted by Crippen LogP contribution is -2.38. The van der Waals surface area contributed by atoms with E-state index in [1.807, 2.05) is 19.1 Å². The molecule has 0 spiro atoms. The molecule has 9 nitrogen and oxygen atoms in total. The zero-order chi connectivity index (χ0) is 31.9. The second kappa shape index (κ2) is 14.5. The summed E-state index contributed by atoms with van der Waals surface area (Å²) < 4.78 is 39.0. The van der Waals surface area contributed by atoms with E-state index >= 15 is 0 Å². The number of carbonyl (C=O) groups excluding carboxylic acids is 2. The molecular formula is C32H31Cl2N3O6S. The van der Waals surface area contributed by atoms with Gasteiger partial charge in [0.2, 0.25) is 5.91 Å². The second-order valence-corrected chi connectivity index (χ2v) is 12.4. The van der Waals surface area contributed by atoms with Crippen molar-refractivity contribution in [3.63, 3.8) is 0 Å². The molecule has 44 heavy (non-hydrogen) atoms. The summed E-state index contributed by atoms with van der Waals surface area (Å²) in [6, 6.07) is 22.5. The van der Waals surface area contributed by atoms with Crippen LogP contribution in [-0.2, 0) is 21.2 Å². The van der Waals surface area contributed by atoms with Gasteiger partial charge in [0.05, 0.1) is 41.1 Å². The maximum absolute atomic E-state index is 13.7. The van der Waals surface area contributed by atoms with Crippen LogP contribution >= 0.6 is 23.2 Å². The van der Waals surface area contributed by atoms with Gasteiger partial charge in [-0.15, -0.1) is 0 Å². The fourth-order valence-corrected chi connectivity index (χ4v) is 6.24. The summed E-state index contributed by atoms with van der Waals surface area (Å²) in [5, 5.41) is 5.87. The van der Waals surface area contributed by atoms with Crippen LogP contribution in [-0.4, -0.2) is 47.5 Å². The van der Waals surface area contributed by atoms with Gasteiger partial charge in [-0.2, -0.15) is 0 Å². The number of sulfonamides is 1. The van der Waals surface area contributed by atoms with Gasteiger partial charge in [0.15, 0.2) is 11.5 Å². The number of aryl methyl sites for hydroxylation is 1. The molecule has 0 bridgehead atoms. The van der Waals surface area contributed by atoms with Crippen molar-refractivity contribution in [2.45, 2.75) is 18.2 Å². The number of nitrogens with zero attached hydrogens (tertiary/aromatic N) is 1. The topological polar surface area (TPSA) is 114 Å². The Balaban J connectivity index is 1.52. The molecular weight excluding hydrogens is 625 g/mol. The van der Waals surface area contributed by atoms with Gasteiger partial charge in [-0.25, -0.2) is 8.42 Å². The molecule has 2 amide bonds. The van der Waals surface area contributed by atoms with Crippen molar-refractivity contribution in [2.75, 3.05) is 36.9 Å². The quantitative estimate of drug-likeness (QED) is 0.190. The number of hydrogen-bond donors (Lipinski definition) is 2. The molecule has 0 unspecified atom stereocenters. The van der Waals surface area contributed by atoms with Crippen molar-refractivity contribution >= 4 is 56.4 Å². The van der Waals surface area contributed by atoms with Gasteiger partial charge >= 0.3 is 0 Å². The summed E-state index contributed by atoms with van der Waals surface area (Å²) in [6.07, 6.45) is 0.521. The molecule has 12 heteroatoms. The van der Waals surface area contributed by atoms with E-state index < -0.39 is 28.4 Å². The minimum Gasteiger partial charge on any atom is -0.493 e. The summed E-state index contributed by atoms with van der Waals surface area (Å²) in [5.74, 6) is 0.0837. The van der Waals surface area contributed by atoms with E-state index in [1.54, 1.807) is 56.7 Å². The normalized spacial score (nSPS) is 11.0. The number of benzene rings is 4. The Morgan fingerprint density at radius 2 is 1.57 bits per heavy atom. The highest BCUT2D eigenvalue weighted by Gasteiger charge is 2.29. The maximum Gasteiger partial charge on any atom is 0.264 e. The first-order valence-corrected chi connectivity index (χ1v) is 15.7. The van der Waals surface area contributed by atoms with Crippen molar-refractivity contribution in [3.05, 3.63) is 112 Å². The van der Waals surface area contributed by atoms with Crippen molar-refractivity contribution in [1.29, 1.82) is 0 Å². The predicted octanol–water partition coefficient (Wildman–Crippen LogP) is 6.13. The molecule has 4 aromatic carbocycles. The maximum atomic E-state index is 13.7. The van der Waals surface area contributed by atoms with E-state index in [2.05, 4.69) is 10.6 Å². The lowest BCUT2D eigenvalue weighted by molar-refractivity contribution is -0.114. The fourth-order valence-electron chi connectivity index (χ4n) is 4.38. The Labute approximate surface area is 266 Å². The van der Waals surface area contributed by atoms with Crippen LogP contribution < -0.4 is 24.4 Å². The first-order valence-electron chi connectivity index (χ1n) is 13.5. The summed E-state index contributed by atoms with van der Waals surface area (Å²) >= 11 is 12.6. The predicted molar refractivity (Wildman–Crippen MR) is 173 cm³/mol. The zero-order valence-electron chi connectivity index (χ0n) is 24.3. The highest BCUT2D eigenvalue weighted by Crippen LogP contribution is 2.33. The molecule has 0 aromatic heterocycles. The molecule has 0 aliphatic carbocycles. The first-order chi connectivity index (χ1) is 21.0. The number of halogens is 2. The molecule has 0 saturated carbocycles. The van der Waals surface area contributed by atoms with Crippen LogP contribution in [0, 0.1) is 6.92 Å². The second-order valence-electron chi connectivity index (χ2n) is 9.71. The number of hydrogen-bond acceptors (Lipinski definition) is 6. The van der Waals surface area contributed by atoms with Crippen LogP contribution in [0.3, 0.4) is 0 Å². The number of nitrogens with one attached hydrogen (secondary N) is 2. The largest absolute Gasteiger partial charge is 0.493 e. The Morgan fingerprint density at radius 3 is 2.27 bits per heavy atom. The van der Waals surface area contributed by atoms with Gasteiger partial charge in [0.25, 0.3) is 15.9 Å². The lowest BCUT2D eigenvalue weighted by Gasteiger charge is -2.25. The van der Waals surface area contributed by atoms with Crippen molar-refractivity contribution in [2.24, 2.45) is 0 Å². The third-order valence-electron chi connectivity index (χ3n) is 6.67. The molecule has 230 valence electrons. The minimum absolute atomic E-state index is 0.0267. The molecule has 0 fully saturated rings. The van der Waals surface area contributed by atoms with E-state index in [0.717, 1.165) is 15.4 Å². The highest BCUT2D eigenvalue weighted by molar-refractivity contribution is 7.92. The van der Waals surface area contributed by atoms with Crippen LogP contribution in [0.15, 0.2) is 89.8 Å². The Kier molecular flexibility index (Phi) is 10.7. The van der Waals surface area contributed by atoms with Gasteiger partial charge in [-0.05, 0) is 73.5 Å². The van der Waals surface area contributed by atoms with Gasteiger partial charge in [-0.1, -0.05) is 59.1 Å². The standard InChI is InChI=1S/C32H31Cl2N3O6S/c1-21-8-12-24(13-9-21)44(40,41)37(28-19-23(33)11-14-26(28)34)20-31(38)36-27-7-5-4-6-25(27)32(39)35-17-16-22-10-15-29(42-2)30(18-22)43-3/h4-15,18-19H,16-17,20H2,1-3H3,(H,35,39)(H,36,38). The smallest absolute Gasteiger partial charge is 0.264 e. The first kappa shape index (κ1) is 32.7. The summed E-state index contributed by atoms with van der Waals surface area (Å²) in [4.78, 5) is 26.5. The van der Waals surface area contributed by atoms with Crippen molar-refractivity contribution in [3.8, 4) is 11.5 Å². The van der Waals surface area contributed by atoms with E-state index in [9.17, 15) is 18.0 Å². The monoisotopic (exact) mass is 655 g/mol. The van der Waals surface area contributed by atoms with Crippen LogP contribution in [0.1, 0.15) is 21.5 Å². The zero-order valence-corrected chi connectivity index (χ0v) is 26.6. The number of carbonyl (C=O) groups is 2. The summed E-state index contributed by atoms with van der Waals surface area (Å²) in [5.41, 5.74) is 2.26. The molecule has 0 saturated heterocycles. The Hall–Kier alpha value is -4.25. The minimum atomic E-state index is -4.24. The number of anilines is 2. The molecule has 0 aliphatic rings. The summed E-state index contributed by atoms with van der Waals surface area (Å²) in [6.45, 7) is 1.51. The van der Waals surface area contributed by atoms with Crippen LogP contribution in [0.5, 0.6) is 11.5 Å². The average Bonchev–Trinajstić information content (AvgIpc) is 3.01. The van der Waals surface area contributed by atoms with Crippen molar-refractivity contribution in [1.82, 2.24) is 5.32 Å². The fraction of sp³-hybridized carbons (Fsp3) is 0.188. The molecule has 4 rings (SSSR count). The molecule has 0 radical (unpaired) electrons. The van der Waals surface area contributed by atoms with E-state index in [-0.39, 0.29) is 31.9 Å². The van der Waals surface area contributed by atoms with Gasteiger partial charge in [0.1, 0.15) is 6.54 Å². The van der Waals surface area contributed by atoms with E-state index in [1.165, 1.54) is 30.3 Å². The van der Waals surface area contributed by atoms with E-state index in [4.69, 9.17) is 32.7 Å². The highest BCUT2D eigenvalue weighted by atomic mass is 35.5. The van der Waals surface area contributed by atoms with Gasteiger partial charge < -0.3 is 20.1 Å². The average molecular weight is 657 g/mol. The number of methoxy groups -OCH3 is 2. The molecule has 0 heterocycles. The third kappa shape index (κ3) is 7.82. The van der Waals surface area contributed by atoms with E-state index in [0.29, 0.717) is 24.5 Å². The molecule has 0 aliphatic heterocycles. The van der Waals surface area contributed by atoms with Crippen LogP contribution in [0.2, 0.25) is 10.0 Å². The summed E-state index contributed by atoms with van der Waals surface area (Å²) in [7, 11) is -1.13. The third-order valence-corrected chi connectivity index (χ3v) is 8.99. The Morgan fingerprint density at radius 1 is 0.864 bits per heavy atom. The number of para-hydroxylation sites is 1. The number of ether oxygens (including phenoxy) is 2. The lowest BCUT2D eigenvalue weighted by atomic mass is 10.1. The van der Waals surface area contributed by atoms with Gasteiger partial charge in [-0.3, -0.25) is 13.9 Å². The number of amides is 2. The van der Waals surface area contributed by atoms with Gasteiger partial charge in [0, 0.05) is 11.6 Å². The van der Waals surface area contributed by atoms with Crippen molar-refractivity contribution < 1.29 is 27.5 Å². The molecule has 0 atom stereocenters. The van der Waals surface area contributed by atoms with Crippen LogP contribution in [0.4, 0.5) is 11.4 Å². The SMILES string of the molecule is COc1ccc(CCNC(=O)c2ccccc2NC(=O)CN(c2cc(Cl)ccc2Cl)S(=O)(=O)c2ccc(C)cc2)cc1OC.